The number of aliphatic imine (C=N–C) groups is 1. The van der Waals surface area contributed by atoms with Crippen LogP contribution in [0.25, 0.3) is 10.9 Å². The monoisotopic (exact) mass is 482 g/mol. The first kappa shape index (κ1) is 21.0. The van der Waals surface area contributed by atoms with E-state index >= 15 is 0 Å². The summed E-state index contributed by atoms with van der Waals surface area (Å²) in [6.45, 7) is 3.20. The summed E-state index contributed by atoms with van der Waals surface area (Å²) in [5.74, 6) is -0.402. The maximum atomic E-state index is 13.7. The maximum absolute atomic E-state index is 13.7. The van der Waals surface area contributed by atoms with E-state index in [0.717, 1.165) is 28.6 Å². The second-order valence-corrected chi connectivity index (χ2v) is 5.77. The second-order valence-electron chi connectivity index (χ2n) is 5.77. The number of rotatable bonds is 5. The van der Waals surface area contributed by atoms with E-state index in [1.807, 2.05) is 37.3 Å². The summed E-state index contributed by atoms with van der Waals surface area (Å²) in [7, 11) is 0. The van der Waals surface area contributed by atoms with Crippen molar-refractivity contribution in [2.45, 2.75) is 20.0 Å². The van der Waals surface area contributed by atoms with Crippen LogP contribution in [0.3, 0.4) is 0 Å². The molecule has 0 saturated carbocycles. The number of fused-ring (bicyclic) bond motifs is 1. The number of hydrogen-bond acceptors (Lipinski definition) is 2. The largest absolute Gasteiger partial charge is 0.357 e. The predicted octanol–water partition coefficient (Wildman–Crippen LogP) is 4.39. The highest BCUT2D eigenvalue weighted by atomic mass is 127. The molecule has 0 fully saturated rings. The summed E-state index contributed by atoms with van der Waals surface area (Å²) in [5, 5.41) is 7.41. The number of guanidine groups is 1. The van der Waals surface area contributed by atoms with Crippen molar-refractivity contribution in [2.24, 2.45) is 4.99 Å². The van der Waals surface area contributed by atoms with Gasteiger partial charge in [-0.05, 0) is 42.8 Å². The van der Waals surface area contributed by atoms with E-state index in [1.54, 1.807) is 6.20 Å². The fraction of sp³-hybridized carbons (Fsp3) is 0.200. The molecule has 3 rings (SSSR count). The predicted molar refractivity (Wildman–Crippen MR) is 115 cm³/mol. The van der Waals surface area contributed by atoms with Crippen molar-refractivity contribution in [1.29, 1.82) is 0 Å². The van der Waals surface area contributed by atoms with E-state index in [4.69, 9.17) is 0 Å². The van der Waals surface area contributed by atoms with Crippen molar-refractivity contribution in [1.82, 2.24) is 15.6 Å². The Labute approximate surface area is 174 Å². The lowest BCUT2D eigenvalue weighted by Gasteiger charge is -2.13. The number of nitrogens with one attached hydrogen (secondary N) is 2. The van der Waals surface area contributed by atoms with E-state index in [-0.39, 0.29) is 36.1 Å². The normalized spacial score (nSPS) is 11.1. The molecule has 3 aromatic rings. The molecule has 0 aliphatic carbocycles. The Morgan fingerprint density at radius 1 is 1.04 bits per heavy atom. The van der Waals surface area contributed by atoms with Crippen molar-refractivity contribution >= 4 is 40.8 Å². The van der Waals surface area contributed by atoms with Crippen LogP contribution < -0.4 is 10.6 Å². The maximum Gasteiger partial charge on any atom is 0.191 e. The van der Waals surface area contributed by atoms with Gasteiger partial charge < -0.3 is 10.6 Å². The molecule has 142 valence electrons. The molecule has 2 N–H and O–H groups in total. The molecule has 4 nitrogen and oxygen atoms in total. The van der Waals surface area contributed by atoms with Gasteiger partial charge in [-0.3, -0.25) is 4.98 Å². The van der Waals surface area contributed by atoms with Crippen molar-refractivity contribution in [3.05, 3.63) is 77.5 Å². The van der Waals surface area contributed by atoms with Crippen molar-refractivity contribution < 1.29 is 8.78 Å². The molecule has 0 atom stereocenters. The van der Waals surface area contributed by atoms with Gasteiger partial charge in [0.2, 0.25) is 0 Å². The fourth-order valence-corrected chi connectivity index (χ4v) is 2.66. The lowest BCUT2D eigenvalue weighted by Crippen LogP contribution is -2.36. The molecular weight excluding hydrogens is 461 g/mol. The summed E-state index contributed by atoms with van der Waals surface area (Å²) in [6.07, 6.45) is 1.77. The highest BCUT2D eigenvalue weighted by Gasteiger charge is 2.06. The molecule has 1 aromatic heterocycles. The Bertz CT molecular complexity index is 926. The van der Waals surface area contributed by atoms with Gasteiger partial charge >= 0.3 is 0 Å². The van der Waals surface area contributed by atoms with Crippen molar-refractivity contribution in [3.63, 3.8) is 0 Å². The topological polar surface area (TPSA) is 49.3 Å². The van der Waals surface area contributed by atoms with E-state index in [2.05, 4.69) is 20.6 Å². The average molecular weight is 482 g/mol. The van der Waals surface area contributed by atoms with Crippen LogP contribution in [-0.2, 0) is 13.1 Å². The number of aromatic nitrogens is 1. The summed E-state index contributed by atoms with van der Waals surface area (Å²) in [5.41, 5.74) is 2.23. The second kappa shape index (κ2) is 10.1. The minimum atomic E-state index is -0.474. The molecule has 0 bridgehead atoms. The van der Waals surface area contributed by atoms with Gasteiger partial charge in [0.1, 0.15) is 11.6 Å². The van der Waals surface area contributed by atoms with Gasteiger partial charge in [0.15, 0.2) is 5.96 Å². The zero-order chi connectivity index (χ0) is 18.4. The molecule has 0 unspecified atom stereocenters. The molecule has 0 spiro atoms. The summed E-state index contributed by atoms with van der Waals surface area (Å²) < 4.78 is 27.0. The lowest BCUT2D eigenvalue weighted by atomic mass is 10.1. The highest BCUT2D eigenvalue weighted by Crippen LogP contribution is 2.16. The Balaban J connectivity index is 0.00000261. The summed E-state index contributed by atoms with van der Waals surface area (Å²) >= 11 is 0. The number of hydrogen-bond donors (Lipinski definition) is 2. The van der Waals surface area contributed by atoms with E-state index in [9.17, 15) is 8.78 Å². The van der Waals surface area contributed by atoms with Crippen LogP contribution in [0.5, 0.6) is 0 Å². The van der Waals surface area contributed by atoms with Gasteiger partial charge in [0.05, 0.1) is 12.1 Å². The van der Waals surface area contributed by atoms with E-state index < -0.39 is 11.6 Å². The molecule has 0 saturated heterocycles. The van der Waals surface area contributed by atoms with Gasteiger partial charge in [-0.15, -0.1) is 24.0 Å². The van der Waals surface area contributed by atoms with Gasteiger partial charge in [0, 0.05) is 30.2 Å². The Morgan fingerprint density at radius 2 is 1.85 bits per heavy atom. The molecule has 7 heteroatoms. The molecule has 27 heavy (non-hydrogen) atoms. The first-order chi connectivity index (χ1) is 12.7. The fourth-order valence-electron chi connectivity index (χ4n) is 2.66. The zero-order valence-corrected chi connectivity index (χ0v) is 17.2. The Kier molecular flexibility index (Phi) is 7.90. The first-order valence-corrected chi connectivity index (χ1v) is 8.46. The molecule has 0 amide bonds. The number of benzene rings is 2. The Morgan fingerprint density at radius 3 is 2.67 bits per heavy atom. The molecule has 1 heterocycles. The summed E-state index contributed by atoms with van der Waals surface area (Å²) in [4.78, 5) is 8.70. The first-order valence-electron chi connectivity index (χ1n) is 8.46. The van der Waals surface area contributed by atoms with Crippen LogP contribution in [0.4, 0.5) is 8.78 Å². The average Bonchev–Trinajstić information content (AvgIpc) is 2.66. The molecule has 0 radical (unpaired) electrons. The smallest absolute Gasteiger partial charge is 0.191 e. The molecule has 2 aromatic carbocycles. The van der Waals surface area contributed by atoms with Crippen LogP contribution in [0, 0.1) is 11.6 Å². The zero-order valence-electron chi connectivity index (χ0n) is 14.9. The van der Waals surface area contributed by atoms with Crippen LogP contribution in [0.1, 0.15) is 18.1 Å². The standard InChI is InChI=1S/C20H20F2N4.HI/c1-2-23-20(26-13-15-11-16(21)7-8-18(15)22)25-12-14-9-10-24-19-6-4-3-5-17(14)19;/h3-11H,2,12-13H2,1H3,(H2,23,25,26);1H. The quantitative estimate of drug-likeness (QED) is 0.323. The van der Waals surface area contributed by atoms with Crippen LogP contribution in [-0.4, -0.2) is 17.5 Å². The number of nitrogens with zero attached hydrogens (tertiary/aromatic N) is 2. The van der Waals surface area contributed by atoms with Gasteiger partial charge in [-0.25, -0.2) is 13.8 Å². The van der Waals surface area contributed by atoms with Crippen molar-refractivity contribution in [2.75, 3.05) is 6.54 Å². The number of halogens is 3. The van der Waals surface area contributed by atoms with Crippen LogP contribution >= 0.6 is 24.0 Å². The third-order valence-corrected chi connectivity index (χ3v) is 3.95. The van der Waals surface area contributed by atoms with Gasteiger partial charge in [-0.2, -0.15) is 0 Å². The summed E-state index contributed by atoms with van der Waals surface area (Å²) in [6, 6.07) is 13.2. The van der Waals surface area contributed by atoms with E-state index in [0.29, 0.717) is 19.0 Å². The van der Waals surface area contributed by atoms with Crippen LogP contribution in [0.2, 0.25) is 0 Å². The highest BCUT2D eigenvalue weighted by molar-refractivity contribution is 14.0. The SMILES string of the molecule is CCNC(=NCc1cc(F)ccc1F)NCc1ccnc2ccccc12.I. The van der Waals surface area contributed by atoms with E-state index in [1.165, 1.54) is 6.07 Å². The van der Waals surface area contributed by atoms with Gasteiger partial charge in [-0.1, -0.05) is 18.2 Å². The van der Waals surface area contributed by atoms with Gasteiger partial charge in [0.25, 0.3) is 0 Å². The Hall–Kier alpha value is -2.29. The molecule has 0 aliphatic rings. The molecule has 0 aliphatic heterocycles. The third-order valence-electron chi connectivity index (χ3n) is 3.95. The lowest BCUT2D eigenvalue weighted by molar-refractivity contribution is 0.585. The van der Waals surface area contributed by atoms with Crippen molar-refractivity contribution in [3.8, 4) is 0 Å². The minimum Gasteiger partial charge on any atom is -0.357 e. The third kappa shape index (κ3) is 5.59. The number of pyridine rings is 1. The minimum absolute atomic E-state index is 0. The number of para-hydroxylation sites is 1. The van der Waals surface area contributed by atoms with Crippen LogP contribution in [0.15, 0.2) is 59.7 Å². The molecular formula is C20H21F2IN4.